The Morgan fingerprint density at radius 2 is 1.44 bits per heavy atom. The highest BCUT2D eigenvalue weighted by molar-refractivity contribution is 6.12. The zero-order chi connectivity index (χ0) is 32.2. The summed E-state index contributed by atoms with van der Waals surface area (Å²) in [6, 6.07) is 39.7. The number of pyridine rings is 1. The van der Waals surface area contributed by atoms with Gasteiger partial charge in [-0.3, -0.25) is 4.98 Å². The Morgan fingerprint density at radius 1 is 0.680 bits per heavy atom. The maximum atomic E-state index is 7.02. The van der Waals surface area contributed by atoms with Gasteiger partial charge in [0.05, 0.1) is 34.2 Å². The van der Waals surface area contributed by atoms with Gasteiger partial charge in [-0.15, -0.1) is 0 Å². The fourth-order valence-electron chi connectivity index (χ4n) is 10.7. The summed E-state index contributed by atoms with van der Waals surface area (Å²) in [6.07, 6.45) is 6.11. The van der Waals surface area contributed by atoms with Gasteiger partial charge >= 0.3 is 17.2 Å². The molecule has 1 aliphatic carbocycles. The molecule has 8 heterocycles. The van der Waals surface area contributed by atoms with Crippen molar-refractivity contribution in [3.8, 4) is 39.7 Å². The van der Waals surface area contributed by atoms with Gasteiger partial charge in [0.1, 0.15) is 15.8 Å². The minimum absolute atomic E-state index is 0.219. The van der Waals surface area contributed by atoms with E-state index in [1.54, 1.807) is 0 Å². The van der Waals surface area contributed by atoms with E-state index in [0.717, 1.165) is 67.4 Å². The Balaban J connectivity index is 1.32. The van der Waals surface area contributed by atoms with E-state index in [0.29, 0.717) is 0 Å². The van der Waals surface area contributed by atoms with Gasteiger partial charge < -0.3 is 4.74 Å². The number of quaternary nitrogens is 1. The standard InChI is InChI=1S/C42H24N7O/c1-45-32-14-6-7-15-33(32)47-40(45)26-11-8-16-34-38(26)49(47)39-35(50-34)18-17-30-37(39)46-36-27(25-19-20-44-48(49)41(25)46)21-43-22-31(36)42(30)28-12-4-2-9-23(28)24-10-3-5-13-29(24)42/h2-22H,1H3/q+3. The van der Waals surface area contributed by atoms with Crippen LogP contribution in [0.2, 0.25) is 0 Å². The summed E-state index contributed by atoms with van der Waals surface area (Å²) in [6.45, 7) is 0. The van der Waals surface area contributed by atoms with Crippen molar-refractivity contribution in [2.45, 2.75) is 5.41 Å². The number of aryl methyl sites for hydroxylation is 1. The summed E-state index contributed by atoms with van der Waals surface area (Å²) in [5.41, 5.74) is 15.8. The molecule has 0 saturated heterocycles. The molecule has 0 bridgehead atoms. The molecule has 14 rings (SSSR count). The average molecular weight is 643 g/mol. The number of fused-ring (bicyclic) bond motifs is 12. The second-order valence-electron chi connectivity index (χ2n) is 14.1. The van der Waals surface area contributed by atoms with Crippen LogP contribution in [0.15, 0.2) is 128 Å². The Hall–Kier alpha value is -6.64. The monoisotopic (exact) mass is 642 g/mol. The summed E-state index contributed by atoms with van der Waals surface area (Å²) >= 11 is 0. The van der Waals surface area contributed by atoms with Crippen molar-refractivity contribution >= 4 is 44.3 Å². The van der Waals surface area contributed by atoms with Crippen LogP contribution < -0.4 is 18.9 Å². The molecule has 1 atom stereocenters. The molecule has 0 amide bonds. The zero-order valence-electron chi connectivity index (χ0n) is 26.7. The van der Waals surface area contributed by atoms with Crippen LogP contribution in [0, 0.1) is 0 Å². The molecule has 2 spiro atoms. The minimum atomic E-state index is -0.597. The molecular formula is C42H24N7O+3. The number of aromatic nitrogens is 6. The third-order valence-electron chi connectivity index (χ3n) is 12.2. The number of hydrogen-bond donors (Lipinski definition) is 0. The first kappa shape index (κ1) is 24.5. The third-order valence-corrected chi connectivity index (χ3v) is 12.2. The maximum Gasteiger partial charge on any atom is 0.378 e. The van der Waals surface area contributed by atoms with E-state index in [-0.39, 0.29) is 4.70 Å². The molecule has 5 aromatic carbocycles. The van der Waals surface area contributed by atoms with Crippen LogP contribution >= 0.6 is 0 Å². The van der Waals surface area contributed by atoms with Crippen molar-refractivity contribution in [2.75, 3.05) is 0 Å². The minimum Gasteiger partial charge on any atom is -0.444 e. The Kier molecular flexibility index (Phi) is 3.67. The van der Waals surface area contributed by atoms with Crippen molar-refractivity contribution in [3.05, 3.63) is 150 Å². The van der Waals surface area contributed by atoms with Crippen LogP contribution in [0.5, 0.6) is 11.5 Å². The fraction of sp³-hybridized carbons (Fsp3) is 0.0476. The molecule has 8 nitrogen and oxygen atoms in total. The van der Waals surface area contributed by atoms with Gasteiger partial charge in [0.25, 0.3) is 5.69 Å². The molecule has 1 unspecified atom stereocenters. The topological polar surface area (TPSA) is 52.6 Å². The molecule has 9 aromatic rings. The highest BCUT2D eigenvalue weighted by Crippen LogP contribution is 2.66. The smallest absolute Gasteiger partial charge is 0.378 e. The highest BCUT2D eigenvalue weighted by atomic mass is 16.5. The number of nitrogens with zero attached hydrogens (tertiary/aromatic N) is 7. The van der Waals surface area contributed by atoms with E-state index >= 15 is 0 Å². The lowest BCUT2D eigenvalue weighted by molar-refractivity contribution is -1.04. The molecule has 0 fully saturated rings. The summed E-state index contributed by atoms with van der Waals surface area (Å²) in [7, 11) is 2.17. The normalized spacial score (nSPS) is 18.1. The number of hydrogen-bond acceptors (Lipinski definition) is 3. The summed E-state index contributed by atoms with van der Waals surface area (Å²) in [5, 5.41) is 7.56. The van der Waals surface area contributed by atoms with Crippen LogP contribution in [-0.4, -0.2) is 19.2 Å². The predicted octanol–water partition coefficient (Wildman–Crippen LogP) is 7.28. The lowest BCUT2D eigenvalue weighted by atomic mass is 9.65. The third kappa shape index (κ3) is 2.14. The predicted molar refractivity (Wildman–Crippen MR) is 188 cm³/mol. The molecule has 0 saturated carbocycles. The zero-order valence-corrected chi connectivity index (χ0v) is 26.7. The van der Waals surface area contributed by atoms with Crippen LogP contribution in [0.1, 0.15) is 22.3 Å². The first-order chi connectivity index (χ1) is 24.8. The molecular weight excluding hydrogens is 619 g/mol. The summed E-state index contributed by atoms with van der Waals surface area (Å²) in [5.74, 6) is 2.77. The van der Waals surface area contributed by atoms with E-state index in [1.807, 2.05) is 12.4 Å². The molecule has 50 heavy (non-hydrogen) atoms. The van der Waals surface area contributed by atoms with E-state index in [2.05, 4.69) is 141 Å². The first-order valence-electron chi connectivity index (χ1n) is 17.1. The van der Waals surface area contributed by atoms with Crippen molar-refractivity contribution < 1.29 is 14.2 Å². The van der Waals surface area contributed by atoms with Crippen molar-refractivity contribution in [2.24, 2.45) is 7.05 Å². The van der Waals surface area contributed by atoms with E-state index in [9.17, 15) is 0 Å². The van der Waals surface area contributed by atoms with Crippen molar-refractivity contribution in [1.82, 2.24) is 23.9 Å². The quantitative estimate of drug-likeness (QED) is 0.129. The van der Waals surface area contributed by atoms with Crippen LogP contribution in [-0.2, 0) is 12.5 Å². The molecule has 230 valence electrons. The van der Waals surface area contributed by atoms with Gasteiger partial charge in [-0.25, -0.2) is 4.57 Å². The van der Waals surface area contributed by atoms with E-state index in [4.69, 9.17) is 14.8 Å². The Morgan fingerprint density at radius 3 is 2.30 bits per heavy atom. The first-order valence-corrected chi connectivity index (χ1v) is 17.1. The molecule has 8 heteroatoms. The Bertz CT molecular complexity index is 3120. The van der Waals surface area contributed by atoms with Gasteiger partial charge in [0, 0.05) is 28.2 Å². The molecule has 0 radical (unpaired) electrons. The largest absolute Gasteiger partial charge is 0.444 e. The van der Waals surface area contributed by atoms with Crippen molar-refractivity contribution in [1.29, 1.82) is 0 Å². The van der Waals surface area contributed by atoms with Gasteiger partial charge in [-0.05, 0) is 69.8 Å². The number of imidazole rings is 1. The lowest BCUT2D eigenvalue weighted by Crippen LogP contribution is -2.85. The van der Waals surface area contributed by atoms with Crippen molar-refractivity contribution in [3.63, 3.8) is 0 Å². The highest BCUT2D eigenvalue weighted by Gasteiger charge is 2.72. The van der Waals surface area contributed by atoms with E-state index < -0.39 is 5.41 Å². The van der Waals surface area contributed by atoms with Crippen LogP contribution in [0.4, 0.5) is 11.4 Å². The number of ether oxygens (including phenoxy) is 1. The number of benzene rings is 5. The van der Waals surface area contributed by atoms with Gasteiger partial charge in [0.15, 0.2) is 11.3 Å². The molecule has 0 N–H and O–H groups in total. The van der Waals surface area contributed by atoms with Crippen LogP contribution in [0.3, 0.4) is 0 Å². The summed E-state index contributed by atoms with van der Waals surface area (Å²) in [4.78, 5) is 7.25. The fourth-order valence-corrected chi connectivity index (χ4v) is 10.7. The Labute approximate surface area is 284 Å². The second kappa shape index (κ2) is 7.49. The maximum absolute atomic E-state index is 7.02. The van der Waals surface area contributed by atoms with Gasteiger partial charge in [-0.2, -0.15) is 4.57 Å². The average Bonchev–Trinajstić information content (AvgIpc) is 3.86. The van der Waals surface area contributed by atoms with Crippen LogP contribution in [0.25, 0.3) is 61.2 Å². The second-order valence-corrected chi connectivity index (χ2v) is 14.1. The van der Waals surface area contributed by atoms with Gasteiger partial charge in [0.2, 0.25) is 17.0 Å². The molecule has 4 aromatic heterocycles. The molecule has 5 aliphatic rings. The lowest BCUT2D eigenvalue weighted by Gasteiger charge is -2.40. The molecule has 4 aliphatic heterocycles. The number of rotatable bonds is 0. The van der Waals surface area contributed by atoms with E-state index in [1.165, 1.54) is 38.9 Å². The van der Waals surface area contributed by atoms with Gasteiger partial charge in [-0.1, -0.05) is 66.7 Å². The SMILES string of the molecule is Cn1c2[n+](c3ccccc31)[N+]13c4c(cccc4-2)Oc2ccc4c(c21)-n1c2c(cncc2c2ccn[n+]3c21)C41c2ccccc2-c2ccccc21. The number of para-hydroxylation sites is 3. The summed E-state index contributed by atoms with van der Waals surface area (Å²) < 4.78 is 14.5.